The van der Waals surface area contributed by atoms with Gasteiger partial charge in [0.1, 0.15) is 5.75 Å². The highest BCUT2D eigenvalue weighted by molar-refractivity contribution is 5.88. The maximum Gasteiger partial charge on any atom is 0.230 e. The van der Waals surface area contributed by atoms with Crippen LogP contribution in [0.2, 0.25) is 0 Å². The van der Waals surface area contributed by atoms with Crippen LogP contribution in [-0.4, -0.2) is 32.7 Å². The molecule has 2 N–H and O–H groups in total. The third-order valence-electron chi connectivity index (χ3n) is 4.60. The molecule has 21 heavy (non-hydrogen) atoms. The van der Waals surface area contributed by atoms with Crippen LogP contribution in [-0.2, 0) is 10.2 Å². The number of ether oxygens (including phenoxy) is 1. The summed E-state index contributed by atoms with van der Waals surface area (Å²) >= 11 is 0. The van der Waals surface area contributed by atoms with Crippen molar-refractivity contribution in [3.8, 4) is 5.75 Å². The maximum absolute atomic E-state index is 12.8. The minimum absolute atomic E-state index is 0.160. The SMILES string of the molecule is CNC(C)CNC(=O)C1(c2ccc(OC)cc2)CCCC1. The van der Waals surface area contributed by atoms with Crippen molar-refractivity contribution < 1.29 is 9.53 Å². The zero-order valence-corrected chi connectivity index (χ0v) is 13.2. The Kier molecular flexibility index (Phi) is 5.23. The standard InChI is InChI=1S/C17H26N2O2/c1-13(18-2)12-19-16(20)17(10-4-5-11-17)14-6-8-15(21-3)9-7-14/h6-9,13,18H,4-5,10-12H2,1-3H3,(H,19,20). The maximum atomic E-state index is 12.8. The van der Waals surface area contributed by atoms with Crippen LogP contribution in [0.4, 0.5) is 0 Å². The van der Waals surface area contributed by atoms with E-state index in [1.165, 1.54) is 0 Å². The Labute approximate surface area is 127 Å². The Hall–Kier alpha value is -1.55. The number of carbonyl (C=O) groups is 1. The van der Waals surface area contributed by atoms with Crippen LogP contribution in [0.15, 0.2) is 24.3 Å². The number of amides is 1. The monoisotopic (exact) mass is 290 g/mol. The lowest BCUT2D eigenvalue weighted by atomic mass is 9.78. The van der Waals surface area contributed by atoms with Crippen molar-refractivity contribution in [2.24, 2.45) is 0 Å². The van der Waals surface area contributed by atoms with E-state index in [1.807, 2.05) is 31.3 Å². The van der Waals surface area contributed by atoms with Crippen molar-refractivity contribution in [2.75, 3.05) is 20.7 Å². The van der Waals surface area contributed by atoms with E-state index in [1.54, 1.807) is 7.11 Å². The number of nitrogens with one attached hydrogen (secondary N) is 2. The van der Waals surface area contributed by atoms with E-state index in [9.17, 15) is 4.79 Å². The second kappa shape index (κ2) is 6.94. The van der Waals surface area contributed by atoms with Gasteiger partial charge in [-0.2, -0.15) is 0 Å². The van der Waals surface area contributed by atoms with Crippen molar-refractivity contribution in [3.05, 3.63) is 29.8 Å². The third kappa shape index (κ3) is 3.38. The lowest BCUT2D eigenvalue weighted by molar-refractivity contribution is -0.126. The topological polar surface area (TPSA) is 50.4 Å². The van der Waals surface area contributed by atoms with Gasteiger partial charge in [0, 0.05) is 12.6 Å². The highest BCUT2D eigenvalue weighted by atomic mass is 16.5. The van der Waals surface area contributed by atoms with Gasteiger partial charge in [-0.3, -0.25) is 4.79 Å². The largest absolute Gasteiger partial charge is 0.497 e. The van der Waals surface area contributed by atoms with Crippen molar-refractivity contribution in [1.82, 2.24) is 10.6 Å². The molecule has 0 aliphatic heterocycles. The number of carbonyl (C=O) groups excluding carboxylic acids is 1. The minimum atomic E-state index is -0.361. The minimum Gasteiger partial charge on any atom is -0.497 e. The van der Waals surface area contributed by atoms with Gasteiger partial charge >= 0.3 is 0 Å². The van der Waals surface area contributed by atoms with Crippen LogP contribution in [0.5, 0.6) is 5.75 Å². The molecule has 1 aliphatic carbocycles. The molecule has 0 heterocycles. The predicted octanol–water partition coefficient (Wildman–Crippen LogP) is 2.23. The van der Waals surface area contributed by atoms with E-state index < -0.39 is 0 Å². The quantitative estimate of drug-likeness (QED) is 0.845. The first-order chi connectivity index (χ1) is 10.1. The van der Waals surface area contributed by atoms with E-state index in [-0.39, 0.29) is 17.4 Å². The van der Waals surface area contributed by atoms with Crippen LogP contribution < -0.4 is 15.4 Å². The van der Waals surface area contributed by atoms with Crippen molar-refractivity contribution in [3.63, 3.8) is 0 Å². The molecule has 2 rings (SSSR count). The third-order valence-corrected chi connectivity index (χ3v) is 4.60. The van der Waals surface area contributed by atoms with Gasteiger partial charge in [0.15, 0.2) is 0 Å². The van der Waals surface area contributed by atoms with Gasteiger partial charge in [0.25, 0.3) is 0 Å². The molecule has 1 unspecified atom stereocenters. The molecule has 1 aromatic carbocycles. The van der Waals surface area contributed by atoms with Crippen molar-refractivity contribution in [1.29, 1.82) is 0 Å². The molecule has 0 saturated heterocycles. The molecule has 116 valence electrons. The molecular weight excluding hydrogens is 264 g/mol. The molecule has 0 bridgehead atoms. The molecule has 1 fully saturated rings. The van der Waals surface area contributed by atoms with E-state index in [0.717, 1.165) is 37.0 Å². The molecule has 1 atom stereocenters. The van der Waals surface area contributed by atoms with Gasteiger partial charge in [-0.05, 0) is 44.5 Å². The van der Waals surface area contributed by atoms with Crippen LogP contribution in [0.3, 0.4) is 0 Å². The lowest BCUT2D eigenvalue weighted by Crippen LogP contribution is -2.46. The Morgan fingerprint density at radius 3 is 2.43 bits per heavy atom. The fourth-order valence-electron chi connectivity index (χ4n) is 3.05. The first kappa shape index (κ1) is 15.8. The van der Waals surface area contributed by atoms with E-state index in [4.69, 9.17) is 4.74 Å². The number of benzene rings is 1. The molecule has 1 aromatic rings. The van der Waals surface area contributed by atoms with E-state index >= 15 is 0 Å². The summed E-state index contributed by atoms with van der Waals surface area (Å²) < 4.78 is 5.21. The van der Waals surface area contributed by atoms with Gasteiger partial charge in [-0.25, -0.2) is 0 Å². The number of hydrogen-bond acceptors (Lipinski definition) is 3. The zero-order chi connectivity index (χ0) is 15.3. The van der Waals surface area contributed by atoms with Crippen LogP contribution >= 0.6 is 0 Å². The summed E-state index contributed by atoms with van der Waals surface area (Å²) in [4.78, 5) is 12.8. The molecule has 1 aliphatic rings. The molecule has 1 saturated carbocycles. The van der Waals surface area contributed by atoms with Gasteiger partial charge in [0.05, 0.1) is 12.5 Å². The Morgan fingerprint density at radius 2 is 1.90 bits per heavy atom. The van der Waals surface area contributed by atoms with Gasteiger partial charge < -0.3 is 15.4 Å². The second-order valence-corrected chi connectivity index (χ2v) is 5.92. The molecule has 4 heteroatoms. The van der Waals surface area contributed by atoms with E-state index in [0.29, 0.717) is 6.54 Å². The molecule has 0 spiro atoms. The van der Waals surface area contributed by atoms with E-state index in [2.05, 4.69) is 17.6 Å². The number of likely N-dealkylation sites (N-methyl/N-ethyl adjacent to an activating group) is 1. The number of rotatable bonds is 6. The summed E-state index contributed by atoms with van der Waals surface area (Å²) in [5.41, 5.74) is 0.745. The highest BCUT2D eigenvalue weighted by Crippen LogP contribution is 2.41. The van der Waals surface area contributed by atoms with Gasteiger partial charge in [-0.15, -0.1) is 0 Å². The average molecular weight is 290 g/mol. The Bertz CT molecular complexity index is 464. The van der Waals surface area contributed by atoms with Crippen molar-refractivity contribution in [2.45, 2.75) is 44.1 Å². The summed E-state index contributed by atoms with van der Waals surface area (Å²) in [6, 6.07) is 8.23. The second-order valence-electron chi connectivity index (χ2n) is 5.92. The van der Waals surface area contributed by atoms with Crippen molar-refractivity contribution >= 4 is 5.91 Å². The number of methoxy groups -OCH3 is 1. The smallest absolute Gasteiger partial charge is 0.230 e. The summed E-state index contributed by atoms with van der Waals surface area (Å²) in [6.07, 6.45) is 4.08. The fourth-order valence-corrected chi connectivity index (χ4v) is 3.05. The zero-order valence-electron chi connectivity index (χ0n) is 13.2. The van der Waals surface area contributed by atoms with Crippen LogP contribution in [0, 0.1) is 0 Å². The molecule has 0 aromatic heterocycles. The normalized spacial score (nSPS) is 18.2. The summed E-state index contributed by atoms with van der Waals surface area (Å²) in [6.45, 7) is 2.72. The molecule has 1 amide bonds. The van der Waals surface area contributed by atoms with Gasteiger partial charge in [0.2, 0.25) is 5.91 Å². The summed E-state index contributed by atoms with van der Waals surface area (Å²) in [5, 5.41) is 6.26. The molecule has 0 radical (unpaired) electrons. The fraction of sp³-hybridized carbons (Fsp3) is 0.588. The van der Waals surface area contributed by atoms with Gasteiger partial charge in [-0.1, -0.05) is 25.0 Å². The lowest BCUT2D eigenvalue weighted by Gasteiger charge is -2.29. The van der Waals surface area contributed by atoms with Crippen LogP contribution in [0.25, 0.3) is 0 Å². The first-order valence-corrected chi connectivity index (χ1v) is 7.72. The average Bonchev–Trinajstić information content (AvgIpc) is 3.03. The molecular formula is C17H26N2O2. The highest BCUT2D eigenvalue weighted by Gasteiger charge is 2.42. The van der Waals surface area contributed by atoms with Crippen LogP contribution in [0.1, 0.15) is 38.2 Å². The Balaban J connectivity index is 2.17. The summed E-state index contributed by atoms with van der Waals surface area (Å²) in [5.74, 6) is 0.989. The predicted molar refractivity (Wildman–Crippen MR) is 84.7 cm³/mol. The Morgan fingerprint density at radius 1 is 1.29 bits per heavy atom. The first-order valence-electron chi connectivity index (χ1n) is 7.72. The summed E-state index contributed by atoms with van der Waals surface area (Å²) in [7, 11) is 3.57. The molecule has 4 nitrogen and oxygen atoms in total. The number of hydrogen-bond donors (Lipinski definition) is 2.